The molecule has 0 aromatic heterocycles. The Bertz CT molecular complexity index is 626. The number of nitrogens with zero attached hydrogens (tertiary/aromatic N) is 1. The fourth-order valence-electron chi connectivity index (χ4n) is 2.11. The molecule has 22 heavy (non-hydrogen) atoms. The Hall–Kier alpha value is -2.56. The van der Waals surface area contributed by atoms with Gasteiger partial charge in [-0.3, -0.25) is 0 Å². The summed E-state index contributed by atoms with van der Waals surface area (Å²) >= 11 is 0. The second-order valence-electron chi connectivity index (χ2n) is 5.17. The van der Waals surface area contributed by atoms with Crippen molar-refractivity contribution in [3.63, 3.8) is 0 Å². The van der Waals surface area contributed by atoms with Crippen LogP contribution in [0.5, 0.6) is 0 Å². The molecule has 2 aromatic rings. The van der Waals surface area contributed by atoms with Crippen molar-refractivity contribution in [2.75, 3.05) is 30.9 Å². The predicted octanol–water partition coefficient (Wildman–Crippen LogP) is 3.26. The van der Waals surface area contributed by atoms with E-state index < -0.39 is 0 Å². The molecular formula is C17H20FN3O. The molecule has 0 radical (unpaired) electrons. The fourth-order valence-corrected chi connectivity index (χ4v) is 2.11. The second kappa shape index (κ2) is 7.45. The Morgan fingerprint density at radius 2 is 1.77 bits per heavy atom. The number of amides is 2. The molecule has 0 saturated heterocycles. The van der Waals surface area contributed by atoms with Crippen LogP contribution in [0.4, 0.5) is 20.6 Å². The highest BCUT2D eigenvalue weighted by Crippen LogP contribution is 2.23. The minimum Gasteiger partial charge on any atom is -0.376 e. The van der Waals surface area contributed by atoms with Crippen LogP contribution in [-0.4, -0.2) is 26.7 Å². The van der Waals surface area contributed by atoms with E-state index in [9.17, 15) is 9.18 Å². The number of hydrogen-bond acceptors (Lipinski definition) is 2. The topological polar surface area (TPSA) is 44.4 Å². The zero-order valence-electron chi connectivity index (χ0n) is 12.8. The third-order valence-electron chi connectivity index (χ3n) is 3.25. The molecule has 116 valence electrons. The summed E-state index contributed by atoms with van der Waals surface area (Å²) in [5.74, 6) is -0.255. The highest BCUT2D eigenvalue weighted by molar-refractivity contribution is 5.93. The predicted molar refractivity (Wildman–Crippen MR) is 87.9 cm³/mol. The maximum Gasteiger partial charge on any atom is 0.319 e. The molecule has 0 heterocycles. The number of nitrogens with one attached hydrogen (secondary N) is 2. The van der Waals surface area contributed by atoms with Crippen molar-refractivity contribution in [3.8, 4) is 0 Å². The number of para-hydroxylation sites is 2. The normalized spacial score (nSPS) is 10.1. The minimum atomic E-state index is -0.255. The molecule has 0 fully saturated rings. The molecule has 0 aliphatic rings. The smallest absolute Gasteiger partial charge is 0.319 e. The average molecular weight is 301 g/mol. The monoisotopic (exact) mass is 301 g/mol. The molecule has 2 N–H and O–H groups in total. The van der Waals surface area contributed by atoms with Gasteiger partial charge in [-0.2, -0.15) is 0 Å². The zero-order chi connectivity index (χ0) is 15.9. The summed E-state index contributed by atoms with van der Waals surface area (Å²) in [7, 11) is 3.85. The van der Waals surface area contributed by atoms with E-state index in [1.165, 1.54) is 12.1 Å². The minimum absolute atomic E-state index is 0.253. The van der Waals surface area contributed by atoms with Crippen LogP contribution in [0.1, 0.15) is 5.56 Å². The van der Waals surface area contributed by atoms with Gasteiger partial charge in [-0.25, -0.2) is 9.18 Å². The Morgan fingerprint density at radius 1 is 1.09 bits per heavy atom. The third kappa shape index (κ3) is 4.48. The standard InChI is InChI=1S/C17H20FN3O/c1-21(2)16-6-4-3-5-15(16)20-17(22)19-12-11-13-7-9-14(18)10-8-13/h3-10H,11-12H2,1-2H3,(H2,19,20,22). The molecule has 0 spiro atoms. The summed E-state index contributed by atoms with van der Waals surface area (Å²) < 4.78 is 12.8. The van der Waals surface area contributed by atoms with E-state index in [0.29, 0.717) is 13.0 Å². The van der Waals surface area contributed by atoms with Crippen LogP contribution in [0.25, 0.3) is 0 Å². The molecule has 0 unspecified atom stereocenters. The molecule has 4 nitrogen and oxygen atoms in total. The molecule has 5 heteroatoms. The maximum atomic E-state index is 12.8. The summed E-state index contributed by atoms with van der Waals surface area (Å²) in [5, 5.41) is 5.63. The number of urea groups is 1. The highest BCUT2D eigenvalue weighted by Gasteiger charge is 2.07. The number of halogens is 1. The van der Waals surface area contributed by atoms with Crippen LogP contribution in [0.3, 0.4) is 0 Å². The third-order valence-corrected chi connectivity index (χ3v) is 3.25. The van der Waals surface area contributed by atoms with E-state index in [-0.39, 0.29) is 11.8 Å². The molecule has 2 rings (SSSR count). The Morgan fingerprint density at radius 3 is 2.45 bits per heavy atom. The van der Waals surface area contributed by atoms with Crippen LogP contribution >= 0.6 is 0 Å². The lowest BCUT2D eigenvalue weighted by atomic mass is 10.1. The number of benzene rings is 2. The Labute approximate surface area is 129 Å². The molecular weight excluding hydrogens is 281 g/mol. The van der Waals surface area contributed by atoms with Gasteiger partial charge in [-0.15, -0.1) is 0 Å². The van der Waals surface area contributed by atoms with Crippen molar-refractivity contribution in [1.29, 1.82) is 0 Å². The van der Waals surface area contributed by atoms with E-state index in [4.69, 9.17) is 0 Å². The van der Waals surface area contributed by atoms with Crippen molar-refractivity contribution in [1.82, 2.24) is 5.32 Å². The van der Waals surface area contributed by atoms with Crippen molar-refractivity contribution < 1.29 is 9.18 Å². The first-order valence-electron chi connectivity index (χ1n) is 7.12. The molecule has 2 amide bonds. The van der Waals surface area contributed by atoms with Gasteiger partial charge in [0.05, 0.1) is 11.4 Å². The molecule has 0 aliphatic heterocycles. The van der Waals surface area contributed by atoms with Gasteiger partial charge in [0.15, 0.2) is 0 Å². The Balaban J connectivity index is 1.84. The number of rotatable bonds is 5. The SMILES string of the molecule is CN(C)c1ccccc1NC(=O)NCCc1ccc(F)cc1. The molecule has 2 aromatic carbocycles. The van der Waals surface area contributed by atoms with Gasteiger partial charge in [-0.1, -0.05) is 24.3 Å². The van der Waals surface area contributed by atoms with Crippen LogP contribution < -0.4 is 15.5 Å². The quantitative estimate of drug-likeness (QED) is 0.890. The molecule has 0 aliphatic carbocycles. The summed E-state index contributed by atoms with van der Waals surface area (Å²) in [5.41, 5.74) is 2.68. The van der Waals surface area contributed by atoms with Crippen LogP contribution in [-0.2, 0) is 6.42 Å². The average Bonchev–Trinajstić information content (AvgIpc) is 2.49. The molecule has 0 bridgehead atoms. The van der Waals surface area contributed by atoms with Crippen molar-refractivity contribution in [2.24, 2.45) is 0 Å². The largest absolute Gasteiger partial charge is 0.376 e. The lowest BCUT2D eigenvalue weighted by Gasteiger charge is -2.17. The lowest BCUT2D eigenvalue weighted by Crippen LogP contribution is -2.31. The van der Waals surface area contributed by atoms with E-state index in [1.54, 1.807) is 12.1 Å². The maximum absolute atomic E-state index is 12.8. The Kier molecular flexibility index (Phi) is 5.36. The summed E-state index contributed by atoms with van der Waals surface area (Å²) in [6.07, 6.45) is 0.656. The summed E-state index contributed by atoms with van der Waals surface area (Å²) in [4.78, 5) is 13.9. The van der Waals surface area contributed by atoms with E-state index in [1.807, 2.05) is 43.3 Å². The van der Waals surface area contributed by atoms with E-state index >= 15 is 0 Å². The second-order valence-corrected chi connectivity index (χ2v) is 5.17. The highest BCUT2D eigenvalue weighted by atomic mass is 19.1. The zero-order valence-corrected chi connectivity index (χ0v) is 12.8. The first-order chi connectivity index (χ1) is 10.6. The van der Waals surface area contributed by atoms with Crippen LogP contribution in [0.15, 0.2) is 48.5 Å². The van der Waals surface area contributed by atoms with Crippen molar-refractivity contribution >= 4 is 17.4 Å². The van der Waals surface area contributed by atoms with Gasteiger partial charge in [0, 0.05) is 20.6 Å². The van der Waals surface area contributed by atoms with Crippen LogP contribution in [0, 0.1) is 5.82 Å². The number of carbonyl (C=O) groups is 1. The van der Waals surface area contributed by atoms with E-state index in [0.717, 1.165) is 16.9 Å². The van der Waals surface area contributed by atoms with Gasteiger partial charge in [-0.05, 0) is 36.2 Å². The lowest BCUT2D eigenvalue weighted by molar-refractivity contribution is 0.252. The number of anilines is 2. The van der Waals surface area contributed by atoms with Gasteiger partial charge in [0.1, 0.15) is 5.82 Å². The van der Waals surface area contributed by atoms with Gasteiger partial charge in [0.25, 0.3) is 0 Å². The van der Waals surface area contributed by atoms with E-state index in [2.05, 4.69) is 10.6 Å². The number of carbonyl (C=O) groups excluding carboxylic acids is 1. The van der Waals surface area contributed by atoms with Crippen molar-refractivity contribution in [3.05, 3.63) is 59.9 Å². The fraction of sp³-hybridized carbons (Fsp3) is 0.235. The summed E-state index contributed by atoms with van der Waals surface area (Å²) in [6.45, 7) is 0.488. The van der Waals surface area contributed by atoms with Crippen molar-refractivity contribution in [2.45, 2.75) is 6.42 Å². The molecule has 0 saturated carbocycles. The molecule has 0 atom stereocenters. The van der Waals surface area contributed by atoms with Gasteiger partial charge in [0.2, 0.25) is 0 Å². The summed E-state index contributed by atoms with van der Waals surface area (Å²) in [6, 6.07) is 13.6. The number of hydrogen-bond donors (Lipinski definition) is 2. The first-order valence-corrected chi connectivity index (χ1v) is 7.12. The first kappa shape index (κ1) is 15.8. The van der Waals surface area contributed by atoms with Crippen LogP contribution in [0.2, 0.25) is 0 Å². The van der Waals surface area contributed by atoms with Gasteiger partial charge < -0.3 is 15.5 Å². The van der Waals surface area contributed by atoms with Gasteiger partial charge >= 0.3 is 6.03 Å².